The number of aliphatic imine (C=N–C) groups is 1. The van der Waals surface area contributed by atoms with Crippen molar-refractivity contribution in [2.24, 2.45) is 22.4 Å². The molecule has 1 atom stereocenters. The number of nitrogens with zero attached hydrogens (tertiary/aromatic N) is 2. The monoisotopic (exact) mass is 494 g/mol. The average molecular weight is 495 g/mol. The van der Waals surface area contributed by atoms with Gasteiger partial charge in [0.1, 0.15) is 0 Å². The van der Waals surface area contributed by atoms with Gasteiger partial charge in [-0.25, -0.2) is 0 Å². The molecule has 4 rings (SSSR count). The standard InChI is InChI=1S/C24H31N3O2.C4H11N3/c28-23-16-25-22(12-13-27(23)17-18-6-2-1-3-7-18)15-26-24(29)21-11-10-19-8-4-5-9-20(19)14-21;1-2-3-7-4(5)6/h4-5,8-11,14,18,22,25H,1-3,6-7,12-13,15-17H2,(H,26,29);2-3H2,1H3,(H4,5,6,7). The van der Waals surface area contributed by atoms with Gasteiger partial charge in [0.25, 0.3) is 5.91 Å². The van der Waals surface area contributed by atoms with Crippen LogP contribution in [0.25, 0.3) is 10.8 Å². The Hall–Kier alpha value is -3.13. The van der Waals surface area contributed by atoms with Gasteiger partial charge in [-0.1, -0.05) is 56.5 Å². The van der Waals surface area contributed by atoms with E-state index in [4.69, 9.17) is 11.5 Å². The molecule has 2 aromatic carbocycles. The number of guanidine groups is 1. The van der Waals surface area contributed by atoms with E-state index in [2.05, 4.69) is 15.6 Å². The summed E-state index contributed by atoms with van der Waals surface area (Å²) < 4.78 is 0. The number of rotatable bonds is 7. The van der Waals surface area contributed by atoms with Crippen LogP contribution in [0, 0.1) is 5.92 Å². The molecule has 0 spiro atoms. The molecule has 8 nitrogen and oxygen atoms in total. The quantitative estimate of drug-likeness (QED) is 0.348. The Morgan fingerprint density at radius 2 is 1.83 bits per heavy atom. The van der Waals surface area contributed by atoms with Gasteiger partial charge in [-0.2, -0.15) is 0 Å². The summed E-state index contributed by atoms with van der Waals surface area (Å²) >= 11 is 0. The molecule has 2 aromatic rings. The van der Waals surface area contributed by atoms with Crippen LogP contribution in [0.4, 0.5) is 0 Å². The van der Waals surface area contributed by atoms with Crippen molar-refractivity contribution in [3.8, 4) is 0 Å². The average Bonchev–Trinajstić information content (AvgIpc) is 3.07. The number of hydrogen-bond acceptors (Lipinski definition) is 4. The second-order valence-corrected chi connectivity index (χ2v) is 9.79. The molecule has 1 aliphatic carbocycles. The summed E-state index contributed by atoms with van der Waals surface area (Å²) in [5.74, 6) is 0.977. The molecular formula is C28H42N6O2. The van der Waals surface area contributed by atoms with E-state index in [-0.39, 0.29) is 23.8 Å². The lowest BCUT2D eigenvalue weighted by Gasteiger charge is -2.28. The number of hydrogen-bond donors (Lipinski definition) is 4. The molecule has 196 valence electrons. The summed E-state index contributed by atoms with van der Waals surface area (Å²) in [6.45, 7) is 5.34. The lowest BCUT2D eigenvalue weighted by Crippen LogP contribution is -2.42. The molecule has 0 aromatic heterocycles. The maximum atomic E-state index is 12.6. The molecule has 6 N–H and O–H groups in total. The fourth-order valence-corrected chi connectivity index (χ4v) is 4.82. The molecule has 1 saturated carbocycles. The molecule has 2 aliphatic rings. The zero-order chi connectivity index (χ0) is 25.8. The molecule has 1 aliphatic heterocycles. The van der Waals surface area contributed by atoms with E-state index in [0.717, 1.165) is 43.2 Å². The lowest BCUT2D eigenvalue weighted by atomic mass is 9.89. The number of carbonyl (C=O) groups is 2. The molecule has 8 heteroatoms. The maximum absolute atomic E-state index is 12.6. The van der Waals surface area contributed by atoms with Gasteiger partial charge in [0, 0.05) is 37.8 Å². The largest absolute Gasteiger partial charge is 0.370 e. The Morgan fingerprint density at radius 1 is 1.08 bits per heavy atom. The fourth-order valence-electron chi connectivity index (χ4n) is 4.82. The summed E-state index contributed by atoms with van der Waals surface area (Å²) in [4.78, 5) is 30.8. The van der Waals surface area contributed by atoms with E-state index in [0.29, 0.717) is 24.6 Å². The van der Waals surface area contributed by atoms with E-state index < -0.39 is 0 Å². The summed E-state index contributed by atoms with van der Waals surface area (Å²) in [6.07, 6.45) is 8.31. The highest BCUT2D eigenvalue weighted by molar-refractivity contribution is 5.98. The van der Waals surface area contributed by atoms with Crippen LogP contribution in [-0.2, 0) is 4.79 Å². The molecule has 36 heavy (non-hydrogen) atoms. The van der Waals surface area contributed by atoms with Crippen molar-refractivity contribution in [2.45, 2.75) is 57.9 Å². The van der Waals surface area contributed by atoms with Crippen LogP contribution in [0.3, 0.4) is 0 Å². The number of fused-ring (bicyclic) bond motifs is 1. The van der Waals surface area contributed by atoms with Crippen molar-refractivity contribution in [3.05, 3.63) is 48.0 Å². The molecule has 2 fully saturated rings. The predicted molar refractivity (Wildman–Crippen MR) is 147 cm³/mol. The highest BCUT2D eigenvalue weighted by Crippen LogP contribution is 2.25. The normalized spacial score (nSPS) is 18.6. The van der Waals surface area contributed by atoms with Crippen molar-refractivity contribution < 1.29 is 9.59 Å². The summed E-state index contributed by atoms with van der Waals surface area (Å²) in [6, 6.07) is 14.0. The first-order chi connectivity index (χ1) is 17.5. The van der Waals surface area contributed by atoms with Crippen molar-refractivity contribution >= 4 is 28.5 Å². The van der Waals surface area contributed by atoms with Gasteiger partial charge in [-0.15, -0.1) is 0 Å². The Bertz CT molecular complexity index is 1010. The molecule has 0 radical (unpaired) electrons. The predicted octanol–water partition coefficient (Wildman–Crippen LogP) is 3.01. The third-order valence-electron chi connectivity index (χ3n) is 6.88. The highest BCUT2D eigenvalue weighted by atomic mass is 16.2. The van der Waals surface area contributed by atoms with Crippen LogP contribution in [0.5, 0.6) is 0 Å². The SMILES string of the molecule is CCCN=C(N)N.O=C(NCC1CCN(CC2CCCCC2)C(=O)CN1)c1ccc2ccccc2c1. The van der Waals surface area contributed by atoms with Gasteiger partial charge in [0.05, 0.1) is 6.54 Å². The van der Waals surface area contributed by atoms with Crippen LogP contribution in [0.15, 0.2) is 47.5 Å². The van der Waals surface area contributed by atoms with E-state index >= 15 is 0 Å². The first kappa shape index (κ1) is 27.5. The Labute approximate surface area is 214 Å². The first-order valence-electron chi connectivity index (χ1n) is 13.3. The van der Waals surface area contributed by atoms with Gasteiger partial charge < -0.3 is 27.0 Å². The van der Waals surface area contributed by atoms with Gasteiger partial charge >= 0.3 is 0 Å². The van der Waals surface area contributed by atoms with Crippen molar-refractivity contribution in [1.82, 2.24) is 15.5 Å². The molecule has 0 bridgehead atoms. The molecule has 1 unspecified atom stereocenters. The Morgan fingerprint density at radius 3 is 2.53 bits per heavy atom. The second kappa shape index (κ2) is 14.4. The minimum absolute atomic E-state index is 0.0628. The Kier molecular flexibility index (Phi) is 11.0. The smallest absolute Gasteiger partial charge is 0.251 e. The zero-order valence-corrected chi connectivity index (χ0v) is 21.5. The van der Waals surface area contributed by atoms with Gasteiger partial charge in [-0.3, -0.25) is 14.6 Å². The number of amides is 2. The van der Waals surface area contributed by atoms with Crippen LogP contribution >= 0.6 is 0 Å². The van der Waals surface area contributed by atoms with Crippen molar-refractivity contribution in [1.29, 1.82) is 0 Å². The van der Waals surface area contributed by atoms with Gasteiger partial charge in [-0.05, 0) is 54.5 Å². The molecule has 1 heterocycles. The van der Waals surface area contributed by atoms with Crippen LogP contribution < -0.4 is 22.1 Å². The number of benzene rings is 2. The highest BCUT2D eigenvalue weighted by Gasteiger charge is 2.25. The third kappa shape index (κ3) is 8.82. The lowest BCUT2D eigenvalue weighted by molar-refractivity contribution is -0.130. The van der Waals surface area contributed by atoms with Crippen LogP contribution in [0.1, 0.15) is 62.2 Å². The number of nitrogens with one attached hydrogen (secondary N) is 2. The summed E-state index contributed by atoms with van der Waals surface area (Å²) in [7, 11) is 0. The topological polar surface area (TPSA) is 126 Å². The van der Waals surface area contributed by atoms with Gasteiger partial charge in [0.15, 0.2) is 5.96 Å². The maximum Gasteiger partial charge on any atom is 0.251 e. The first-order valence-corrected chi connectivity index (χ1v) is 13.3. The third-order valence-corrected chi connectivity index (χ3v) is 6.88. The van der Waals surface area contributed by atoms with E-state index in [9.17, 15) is 9.59 Å². The van der Waals surface area contributed by atoms with Crippen LogP contribution in [-0.4, -0.2) is 61.4 Å². The van der Waals surface area contributed by atoms with Crippen molar-refractivity contribution in [3.63, 3.8) is 0 Å². The van der Waals surface area contributed by atoms with Crippen LogP contribution in [0.2, 0.25) is 0 Å². The minimum atomic E-state index is -0.0628. The Balaban J connectivity index is 0.000000454. The number of carbonyl (C=O) groups excluding carboxylic acids is 2. The molecule has 1 saturated heterocycles. The van der Waals surface area contributed by atoms with Gasteiger partial charge in [0.2, 0.25) is 5.91 Å². The van der Waals surface area contributed by atoms with Crippen molar-refractivity contribution in [2.75, 3.05) is 32.7 Å². The summed E-state index contributed by atoms with van der Waals surface area (Å²) in [5, 5.41) is 8.57. The fraction of sp³-hybridized carbons (Fsp3) is 0.536. The molecule has 2 amide bonds. The second-order valence-electron chi connectivity index (χ2n) is 9.79. The summed E-state index contributed by atoms with van der Waals surface area (Å²) in [5.41, 5.74) is 10.7. The molecular weight excluding hydrogens is 452 g/mol. The number of nitrogens with two attached hydrogens (primary N) is 2. The minimum Gasteiger partial charge on any atom is -0.370 e. The van der Waals surface area contributed by atoms with E-state index in [1.165, 1.54) is 32.1 Å². The van der Waals surface area contributed by atoms with E-state index in [1.54, 1.807) is 0 Å². The van der Waals surface area contributed by atoms with E-state index in [1.807, 2.05) is 54.3 Å². The zero-order valence-electron chi connectivity index (χ0n) is 21.5.